The molecule has 0 saturated heterocycles. The Labute approximate surface area is 165 Å². The van der Waals surface area contributed by atoms with E-state index in [0.29, 0.717) is 18.0 Å². The molecule has 1 aliphatic rings. The van der Waals surface area contributed by atoms with Crippen molar-refractivity contribution in [3.63, 3.8) is 0 Å². The van der Waals surface area contributed by atoms with E-state index in [0.717, 1.165) is 36.3 Å². The SMILES string of the molecule is CCCOc1ccc(NC(=O)COc2cccc(NC(=O)C3CC3)c2)c(C)c1. The average Bonchev–Trinajstić information content (AvgIpc) is 3.52. The van der Waals surface area contributed by atoms with E-state index in [4.69, 9.17) is 9.47 Å². The summed E-state index contributed by atoms with van der Waals surface area (Å²) in [6.45, 7) is 4.52. The van der Waals surface area contributed by atoms with E-state index in [2.05, 4.69) is 17.6 Å². The minimum absolute atomic E-state index is 0.0386. The van der Waals surface area contributed by atoms with Crippen LogP contribution in [0.15, 0.2) is 42.5 Å². The molecule has 6 heteroatoms. The Kier molecular flexibility index (Phi) is 6.53. The summed E-state index contributed by atoms with van der Waals surface area (Å²) in [7, 11) is 0. The summed E-state index contributed by atoms with van der Waals surface area (Å²) in [5.74, 6) is 1.24. The molecule has 2 N–H and O–H groups in total. The lowest BCUT2D eigenvalue weighted by Gasteiger charge is -2.12. The largest absolute Gasteiger partial charge is 0.494 e. The predicted molar refractivity (Wildman–Crippen MR) is 109 cm³/mol. The van der Waals surface area contributed by atoms with Crippen LogP contribution in [0.4, 0.5) is 11.4 Å². The van der Waals surface area contributed by atoms with Crippen molar-refractivity contribution in [3.8, 4) is 11.5 Å². The summed E-state index contributed by atoms with van der Waals surface area (Å²) in [4.78, 5) is 24.1. The number of hydrogen-bond donors (Lipinski definition) is 2. The average molecular weight is 382 g/mol. The first-order valence-corrected chi connectivity index (χ1v) is 9.62. The molecule has 0 aliphatic heterocycles. The number of amides is 2. The molecule has 0 spiro atoms. The Morgan fingerprint density at radius 3 is 2.54 bits per heavy atom. The number of carbonyl (C=O) groups is 2. The van der Waals surface area contributed by atoms with Crippen LogP contribution in [0.3, 0.4) is 0 Å². The lowest BCUT2D eigenvalue weighted by molar-refractivity contribution is -0.118. The standard InChI is InChI=1S/C22H26N2O4/c1-3-11-27-19-9-10-20(15(2)12-19)24-21(25)14-28-18-6-4-5-17(13-18)23-22(26)16-7-8-16/h4-6,9-10,12-13,16H,3,7-8,11,14H2,1-2H3,(H,23,26)(H,24,25). The molecule has 0 heterocycles. The number of rotatable bonds is 9. The molecule has 1 fully saturated rings. The van der Waals surface area contributed by atoms with Crippen LogP contribution >= 0.6 is 0 Å². The summed E-state index contributed by atoms with van der Waals surface area (Å²) in [6, 6.07) is 12.6. The van der Waals surface area contributed by atoms with Crippen LogP contribution in [-0.2, 0) is 9.59 Å². The van der Waals surface area contributed by atoms with E-state index in [1.54, 1.807) is 24.3 Å². The van der Waals surface area contributed by atoms with Gasteiger partial charge in [-0.25, -0.2) is 0 Å². The van der Waals surface area contributed by atoms with Crippen molar-refractivity contribution in [2.24, 2.45) is 5.92 Å². The summed E-state index contributed by atoms with van der Waals surface area (Å²) < 4.78 is 11.2. The Morgan fingerprint density at radius 2 is 1.82 bits per heavy atom. The van der Waals surface area contributed by atoms with Gasteiger partial charge in [0.25, 0.3) is 5.91 Å². The van der Waals surface area contributed by atoms with Crippen molar-refractivity contribution in [1.29, 1.82) is 0 Å². The maximum atomic E-state index is 12.2. The molecule has 0 unspecified atom stereocenters. The van der Waals surface area contributed by atoms with E-state index in [1.807, 2.05) is 25.1 Å². The highest BCUT2D eigenvalue weighted by Crippen LogP contribution is 2.30. The second-order valence-electron chi connectivity index (χ2n) is 6.95. The molecule has 0 atom stereocenters. The van der Waals surface area contributed by atoms with Gasteiger partial charge < -0.3 is 20.1 Å². The van der Waals surface area contributed by atoms with Crippen LogP contribution in [0, 0.1) is 12.8 Å². The van der Waals surface area contributed by atoms with Crippen molar-refractivity contribution in [2.75, 3.05) is 23.8 Å². The van der Waals surface area contributed by atoms with Crippen molar-refractivity contribution < 1.29 is 19.1 Å². The van der Waals surface area contributed by atoms with Crippen LogP contribution in [0.2, 0.25) is 0 Å². The molecule has 28 heavy (non-hydrogen) atoms. The molecule has 3 rings (SSSR count). The van der Waals surface area contributed by atoms with Gasteiger partial charge in [-0.2, -0.15) is 0 Å². The Morgan fingerprint density at radius 1 is 1.04 bits per heavy atom. The second kappa shape index (κ2) is 9.26. The van der Waals surface area contributed by atoms with Crippen LogP contribution in [0.1, 0.15) is 31.7 Å². The first-order chi connectivity index (χ1) is 13.5. The number of ether oxygens (including phenoxy) is 2. The minimum atomic E-state index is -0.252. The van der Waals surface area contributed by atoms with Gasteiger partial charge in [0, 0.05) is 23.4 Å². The number of anilines is 2. The second-order valence-corrected chi connectivity index (χ2v) is 6.95. The van der Waals surface area contributed by atoms with Crippen molar-refractivity contribution in [3.05, 3.63) is 48.0 Å². The first-order valence-electron chi connectivity index (χ1n) is 9.62. The highest BCUT2D eigenvalue weighted by Gasteiger charge is 2.29. The molecule has 2 aromatic carbocycles. The molecule has 1 aliphatic carbocycles. The summed E-state index contributed by atoms with van der Waals surface area (Å²) >= 11 is 0. The fourth-order valence-corrected chi connectivity index (χ4v) is 2.67. The van der Waals surface area contributed by atoms with Gasteiger partial charge in [0.15, 0.2) is 6.61 Å². The molecule has 0 radical (unpaired) electrons. The van der Waals surface area contributed by atoms with E-state index in [9.17, 15) is 9.59 Å². The summed E-state index contributed by atoms with van der Waals surface area (Å²) in [6.07, 6.45) is 2.85. The Bertz CT molecular complexity index is 846. The van der Waals surface area contributed by atoms with Gasteiger partial charge in [-0.1, -0.05) is 13.0 Å². The van der Waals surface area contributed by atoms with Crippen molar-refractivity contribution in [2.45, 2.75) is 33.1 Å². The predicted octanol–water partition coefficient (Wildman–Crippen LogP) is 4.15. The van der Waals surface area contributed by atoms with Crippen LogP contribution in [-0.4, -0.2) is 25.0 Å². The zero-order valence-corrected chi connectivity index (χ0v) is 16.3. The third kappa shape index (κ3) is 5.74. The topological polar surface area (TPSA) is 76.7 Å². The quantitative estimate of drug-likeness (QED) is 0.683. The monoisotopic (exact) mass is 382 g/mol. The Balaban J connectivity index is 1.50. The van der Waals surface area contributed by atoms with Crippen LogP contribution in [0.25, 0.3) is 0 Å². The zero-order valence-electron chi connectivity index (χ0n) is 16.3. The molecule has 0 bridgehead atoms. The minimum Gasteiger partial charge on any atom is -0.494 e. The summed E-state index contributed by atoms with van der Waals surface area (Å²) in [5, 5.41) is 5.71. The van der Waals surface area contributed by atoms with Gasteiger partial charge >= 0.3 is 0 Å². The number of nitrogens with one attached hydrogen (secondary N) is 2. The number of carbonyl (C=O) groups excluding carboxylic acids is 2. The fourth-order valence-electron chi connectivity index (χ4n) is 2.67. The molecule has 1 saturated carbocycles. The van der Waals surface area contributed by atoms with E-state index in [-0.39, 0.29) is 24.3 Å². The van der Waals surface area contributed by atoms with Gasteiger partial charge in [0.05, 0.1) is 6.61 Å². The van der Waals surface area contributed by atoms with Gasteiger partial charge in [-0.3, -0.25) is 9.59 Å². The maximum Gasteiger partial charge on any atom is 0.262 e. The van der Waals surface area contributed by atoms with E-state index >= 15 is 0 Å². The van der Waals surface area contributed by atoms with Gasteiger partial charge in [0.2, 0.25) is 5.91 Å². The maximum absolute atomic E-state index is 12.2. The third-order valence-electron chi connectivity index (χ3n) is 4.36. The normalized spacial score (nSPS) is 12.9. The van der Waals surface area contributed by atoms with Crippen LogP contribution in [0.5, 0.6) is 11.5 Å². The van der Waals surface area contributed by atoms with Gasteiger partial charge in [0.1, 0.15) is 11.5 Å². The lowest BCUT2D eigenvalue weighted by Crippen LogP contribution is -2.20. The molecular formula is C22H26N2O4. The van der Waals surface area contributed by atoms with E-state index in [1.165, 1.54) is 0 Å². The van der Waals surface area contributed by atoms with Gasteiger partial charge in [-0.05, 0) is 62.1 Å². The van der Waals surface area contributed by atoms with Crippen molar-refractivity contribution >= 4 is 23.2 Å². The highest BCUT2D eigenvalue weighted by atomic mass is 16.5. The zero-order chi connectivity index (χ0) is 19.9. The smallest absolute Gasteiger partial charge is 0.262 e. The summed E-state index contributed by atoms with van der Waals surface area (Å²) in [5.41, 5.74) is 2.32. The molecule has 2 amide bonds. The number of hydrogen-bond acceptors (Lipinski definition) is 4. The molecular weight excluding hydrogens is 356 g/mol. The van der Waals surface area contributed by atoms with Gasteiger partial charge in [-0.15, -0.1) is 0 Å². The lowest BCUT2D eigenvalue weighted by atomic mass is 10.2. The molecule has 2 aromatic rings. The number of benzene rings is 2. The molecule has 148 valence electrons. The molecule has 6 nitrogen and oxygen atoms in total. The van der Waals surface area contributed by atoms with E-state index < -0.39 is 0 Å². The highest BCUT2D eigenvalue weighted by molar-refractivity contribution is 5.94. The fraction of sp³-hybridized carbons (Fsp3) is 0.364. The first kappa shape index (κ1) is 19.7. The number of aryl methyl sites for hydroxylation is 1. The van der Waals surface area contributed by atoms with Crippen LogP contribution < -0.4 is 20.1 Å². The Hall–Kier alpha value is -3.02. The van der Waals surface area contributed by atoms with Crippen molar-refractivity contribution in [1.82, 2.24) is 0 Å². The third-order valence-corrected chi connectivity index (χ3v) is 4.36. The molecule has 0 aromatic heterocycles.